The zero-order valence-corrected chi connectivity index (χ0v) is 14.5. The molecular weight excluding hydrogens is 332 g/mol. The molecule has 1 atom stereocenters. The molecule has 0 bridgehead atoms. The summed E-state index contributed by atoms with van der Waals surface area (Å²) in [6.45, 7) is 0.701. The van der Waals surface area contributed by atoms with Crippen LogP contribution in [-0.4, -0.2) is 37.0 Å². The number of ether oxygens (including phenoxy) is 2. The van der Waals surface area contributed by atoms with Crippen LogP contribution < -0.4 is 14.8 Å². The first-order valence-corrected chi connectivity index (χ1v) is 8.67. The van der Waals surface area contributed by atoms with Gasteiger partial charge in [-0.2, -0.15) is 0 Å². The van der Waals surface area contributed by atoms with Crippen molar-refractivity contribution in [3.05, 3.63) is 53.6 Å². The minimum atomic E-state index is -0.185. The first-order valence-electron chi connectivity index (χ1n) is 8.67. The average molecular weight is 352 g/mol. The predicted molar refractivity (Wildman–Crippen MR) is 96.6 cm³/mol. The van der Waals surface area contributed by atoms with Crippen molar-refractivity contribution in [2.45, 2.75) is 18.9 Å². The highest BCUT2D eigenvalue weighted by molar-refractivity contribution is 5.99. The fraction of sp³-hybridized carbons (Fsp3) is 0.300. The second-order valence-corrected chi connectivity index (χ2v) is 6.48. The molecule has 2 aliphatic heterocycles. The van der Waals surface area contributed by atoms with Crippen molar-refractivity contribution in [1.82, 2.24) is 4.90 Å². The molecule has 0 aliphatic carbocycles. The number of anilines is 1. The van der Waals surface area contributed by atoms with E-state index in [2.05, 4.69) is 5.32 Å². The maximum Gasteiger partial charge on any atom is 0.262 e. The molecule has 26 heavy (non-hydrogen) atoms. The highest BCUT2D eigenvalue weighted by atomic mass is 16.5. The first kappa shape index (κ1) is 16.4. The quantitative estimate of drug-likeness (QED) is 0.922. The number of rotatable bonds is 3. The lowest BCUT2D eigenvalue weighted by Crippen LogP contribution is -2.31. The maximum absolute atomic E-state index is 13.1. The molecule has 0 unspecified atom stereocenters. The smallest absolute Gasteiger partial charge is 0.262 e. The normalized spacial score (nSPS) is 18.7. The molecule has 1 saturated heterocycles. The van der Waals surface area contributed by atoms with Crippen molar-refractivity contribution < 1.29 is 19.1 Å². The Hall–Kier alpha value is -3.02. The topological polar surface area (TPSA) is 67.9 Å². The Kier molecular flexibility index (Phi) is 4.24. The summed E-state index contributed by atoms with van der Waals surface area (Å²) in [6, 6.07) is 13.1. The van der Waals surface area contributed by atoms with Crippen molar-refractivity contribution in [3.63, 3.8) is 0 Å². The number of fused-ring (bicyclic) bond motifs is 1. The van der Waals surface area contributed by atoms with Gasteiger partial charge in [-0.1, -0.05) is 12.1 Å². The lowest BCUT2D eigenvalue weighted by molar-refractivity contribution is -0.118. The van der Waals surface area contributed by atoms with Gasteiger partial charge in [0, 0.05) is 12.1 Å². The Bertz CT molecular complexity index is 847. The van der Waals surface area contributed by atoms with Crippen LogP contribution in [0, 0.1) is 0 Å². The monoisotopic (exact) mass is 352 g/mol. The van der Waals surface area contributed by atoms with E-state index in [1.165, 1.54) is 0 Å². The average Bonchev–Trinajstić information content (AvgIpc) is 3.17. The number of amides is 2. The Balaban J connectivity index is 1.57. The Morgan fingerprint density at radius 1 is 1.23 bits per heavy atom. The molecular formula is C20H20N2O4. The van der Waals surface area contributed by atoms with Gasteiger partial charge >= 0.3 is 0 Å². The van der Waals surface area contributed by atoms with E-state index in [1.54, 1.807) is 25.3 Å². The van der Waals surface area contributed by atoms with Gasteiger partial charge in [0.2, 0.25) is 0 Å². The number of carbonyl (C=O) groups excluding carboxylic acids is 2. The minimum Gasteiger partial charge on any atom is -0.497 e. The van der Waals surface area contributed by atoms with Crippen LogP contribution in [0.1, 0.15) is 34.8 Å². The molecule has 6 nitrogen and oxygen atoms in total. The molecule has 2 heterocycles. The number of hydrogen-bond acceptors (Lipinski definition) is 4. The number of likely N-dealkylation sites (tertiary alicyclic amines) is 1. The molecule has 2 aromatic rings. The van der Waals surface area contributed by atoms with Crippen LogP contribution >= 0.6 is 0 Å². The summed E-state index contributed by atoms with van der Waals surface area (Å²) in [4.78, 5) is 26.3. The van der Waals surface area contributed by atoms with Crippen LogP contribution in [0.15, 0.2) is 42.5 Å². The van der Waals surface area contributed by atoms with E-state index in [0.717, 1.165) is 30.7 Å². The third-order valence-electron chi connectivity index (χ3n) is 4.88. The summed E-state index contributed by atoms with van der Waals surface area (Å²) < 4.78 is 10.6. The lowest BCUT2D eigenvalue weighted by atomic mass is 10.0. The van der Waals surface area contributed by atoms with Crippen molar-refractivity contribution in [2.24, 2.45) is 0 Å². The van der Waals surface area contributed by atoms with Crippen LogP contribution in [-0.2, 0) is 4.79 Å². The molecule has 0 radical (unpaired) electrons. The molecule has 1 N–H and O–H groups in total. The number of benzene rings is 2. The fourth-order valence-electron chi connectivity index (χ4n) is 3.56. The Morgan fingerprint density at radius 3 is 2.81 bits per heavy atom. The summed E-state index contributed by atoms with van der Waals surface area (Å²) in [5, 5.41) is 2.74. The van der Waals surface area contributed by atoms with Gasteiger partial charge in [-0.3, -0.25) is 9.59 Å². The van der Waals surface area contributed by atoms with Crippen molar-refractivity contribution in [2.75, 3.05) is 25.6 Å². The van der Waals surface area contributed by atoms with Gasteiger partial charge in [-0.15, -0.1) is 0 Å². The second kappa shape index (κ2) is 6.71. The van der Waals surface area contributed by atoms with Gasteiger partial charge in [0.05, 0.1) is 18.8 Å². The van der Waals surface area contributed by atoms with Gasteiger partial charge in [0.15, 0.2) is 6.61 Å². The number of carbonyl (C=O) groups is 2. The van der Waals surface area contributed by atoms with Crippen LogP contribution in [0.25, 0.3) is 0 Å². The molecule has 2 amide bonds. The molecule has 134 valence electrons. The highest BCUT2D eigenvalue weighted by Gasteiger charge is 2.31. The largest absolute Gasteiger partial charge is 0.497 e. The second-order valence-electron chi connectivity index (χ2n) is 6.48. The van der Waals surface area contributed by atoms with Gasteiger partial charge in [-0.05, 0) is 48.7 Å². The molecule has 2 aliphatic rings. The molecule has 0 spiro atoms. The van der Waals surface area contributed by atoms with Crippen molar-refractivity contribution in [3.8, 4) is 11.5 Å². The molecule has 4 rings (SSSR count). The van der Waals surface area contributed by atoms with E-state index in [4.69, 9.17) is 9.47 Å². The van der Waals surface area contributed by atoms with E-state index >= 15 is 0 Å². The van der Waals surface area contributed by atoms with Crippen LogP contribution in [0.5, 0.6) is 11.5 Å². The third-order valence-corrected chi connectivity index (χ3v) is 4.88. The molecule has 1 fully saturated rings. The molecule has 0 saturated carbocycles. The molecule has 6 heteroatoms. The highest BCUT2D eigenvalue weighted by Crippen LogP contribution is 2.35. The van der Waals surface area contributed by atoms with Crippen molar-refractivity contribution in [1.29, 1.82) is 0 Å². The molecule has 2 aromatic carbocycles. The number of nitrogens with zero attached hydrogens (tertiary/aromatic N) is 1. The van der Waals surface area contributed by atoms with Gasteiger partial charge in [0.1, 0.15) is 11.5 Å². The summed E-state index contributed by atoms with van der Waals surface area (Å²) in [7, 11) is 1.64. The van der Waals surface area contributed by atoms with Gasteiger partial charge < -0.3 is 19.7 Å². The first-order chi connectivity index (χ1) is 12.7. The minimum absolute atomic E-state index is 0.0216. The number of methoxy groups -OCH3 is 1. The van der Waals surface area contributed by atoms with E-state index in [1.807, 2.05) is 29.2 Å². The van der Waals surface area contributed by atoms with E-state index < -0.39 is 0 Å². The SMILES string of the molecule is COc1ccc([C@@H]2CCCN2C(=O)c2ccc3c(c2)OCC(=O)N3)cc1. The number of nitrogens with one attached hydrogen (secondary N) is 1. The standard InChI is InChI=1S/C20H20N2O4/c1-25-15-7-4-13(5-8-15)17-3-2-10-22(17)20(24)14-6-9-16-18(11-14)26-12-19(23)21-16/h4-9,11,17H,2-3,10,12H2,1H3,(H,21,23)/t17-/m0/s1. The van der Waals surface area contributed by atoms with Gasteiger partial charge in [0.25, 0.3) is 11.8 Å². The van der Waals surface area contributed by atoms with E-state index in [0.29, 0.717) is 17.0 Å². The van der Waals surface area contributed by atoms with Crippen LogP contribution in [0.3, 0.4) is 0 Å². The summed E-state index contributed by atoms with van der Waals surface area (Å²) >= 11 is 0. The zero-order valence-electron chi connectivity index (χ0n) is 14.5. The lowest BCUT2D eigenvalue weighted by Gasteiger charge is -2.26. The summed E-state index contributed by atoms with van der Waals surface area (Å²) in [6.07, 6.45) is 1.91. The third kappa shape index (κ3) is 2.98. The van der Waals surface area contributed by atoms with E-state index in [9.17, 15) is 9.59 Å². The van der Waals surface area contributed by atoms with E-state index in [-0.39, 0.29) is 24.5 Å². The zero-order chi connectivity index (χ0) is 18.1. The fourth-order valence-corrected chi connectivity index (χ4v) is 3.56. The Morgan fingerprint density at radius 2 is 2.04 bits per heavy atom. The molecule has 0 aromatic heterocycles. The van der Waals surface area contributed by atoms with Gasteiger partial charge in [-0.25, -0.2) is 0 Å². The maximum atomic E-state index is 13.1. The van der Waals surface area contributed by atoms with Crippen LogP contribution in [0.4, 0.5) is 5.69 Å². The number of hydrogen-bond donors (Lipinski definition) is 1. The summed E-state index contributed by atoms with van der Waals surface area (Å²) in [5.74, 6) is 1.14. The van der Waals surface area contributed by atoms with Crippen molar-refractivity contribution >= 4 is 17.5 Å². The summed E-state index contributed by atoms with van der Waals surface area (Å²) in [5.41, 5.74) is 2.28. The predicted octanol–water partition coefficient (Wildman–Crippen LogP) is 3.00. The Labute approximate surface area is 151 Å². The van der Waals surface area contributed by atoms with Crippen LogP contribution in [0.2, 0.25) is 0 Å².